The zero-order chi connectivity index (χ0) is 14.4. The summed E-state index contributed by atoms with van der Waals surface area (Å²) in [6, 6.07) is 0.0569. The van der Waals surface area contributed by atoms with Gasteiger partial charge in [0.25, 0.3) is 0 Å². The lowest BCUT2D eigenvalue weighted by atomic mass is 9.68. The highest BCUT2D eigenvalue weighted by molar-refractivity contribution is 5.83. The molecule has 20 heavy (non-hydrogen) atoms. The topological polar surface area (TPSA) is 58.2 Å². The third-order valence-corrected chi connectivity index (χ3v) is 4.93. The molecule has 1 unspecified atom stereocenters. The first kappa shape index (κ1) is 15.3. The number of nitrogens with one attached hydrogen (secondary N) is 2. The lowest BCUT2D eigenvalue weighted by Crippen LogP contribution is -2.42. The number of hydrogen-bond acceptors (Lipinski definition) is 2. The van der Waals surface area contributed by atoms with Gasteiger partial charge >= 0.3 is 0 Å². The monoisotopic (exact) mass is 280 g/mol. The fraction of sp³-hybridized carbons (Fsp3) is 0.875. The van der Waals surface area contributed by atoms with Crippen molar-refractivity contribution in [2.45, 2.75) is 77.2 Å². The molecule has 1 spiro atoms. The van der Waals surface area contributed by atoms with Crippen LogP contribution < -0.4 is 10.6 Å². The van der Waals surface area contributed by atoms with Crippen molar-refractivity contribution in [3.63, 3.8) is 0 Å². The van der Waals surface area contributed by atoms with Gasteiger partial charge < -0.3 is 10.6 Å². The number of hydrogen-bond donors (Lipinski definition) is 2. The zero-order valence-electron chi connectivity index (χ0n) is 12.7. The summed E-state index contributed by atoms with van der Waals surface area (Å²) in [7, 11) is 0. The van der Waals surface area contributed by atoms with Crippen LogP contribution in [0.5, 0.6) is 0 Å². The average Bonchev–Trinajstić information content (AvgIpc) is 2.71. The molecule has 1 atom stereocenters. The summed E-state index contributed by atoms with van der Waals surface area (Å²) >= 11 is 0. The molecule has 0 bridgehead atoms. The first-order chi connectivity index (χ1) is 9.66. The molecule has 4 nitrogen and oxygen atoms in total. The van der Waals surface area contributed by atoms with Crippen LogP contribution in [-0.4, -0.2) is 24.4 Å². The summed E-state index contributed by atoms with van der Waals surface area (Å²) in [4.78, 5) is 23.8. The molecule has 1 saturated heterocycles. The van der Waals surface area contributed by atoms with Gasteiger partial charge in [-0.3, -0.25) is 9.59 Å². The van der Waals surface area contributed by atoms with Crippen LogP contribution in [0.15, 0.2) is 0 Å². The van der Waals surface area contributed by atoms with E-state index in [-0.39, 0.29) is 23.3 Å². The number of carbonyl (C=O) groups excluding carboxylic acids is 2. The minimum atomic E-state index is 0.0569. The first-order valence-electron chi connectivity index (χ1n) is 8.22. The molecule has 2 N–H and O–H groups in total. The Labute approximate surface area is 122 Å². The van der Waals surface area contributed by atoms with E-state index >= 15 is 0 Å². The van der Waals surface area contributed by atoms with Gasteiger partial charge in [-0.05, 0) is 24.7 Å². The molecule has 2 aliphatic rings. The molecule has 1 aliphatic carbocycles. The van der Waals surface area contributed by atoms with E-state index in [1.807, 2.05) is 0 Å². The summed E-state index contributed by atoms with van der Waals surface area (Å²) < 4.78 is 0. The quantitative estimate of drug-likeness (QED) is 0.735. The molecule has 1 saturated carbocycles. The second kappa shape index (κ2) is 7.09. The van der Waals surface area contributed by atoms with Crippen LogP contribution in [0, 0.1) is 5.41 Å². The summed E-state index contributed by atoms with van der Waals surface area (Å²) in [6.45, 7) is 2.92. The van der Waals surface area contributed by atoms with Gasteiger partial charge in [0, 0.05) is 25.4 Å². The van der Waals surface area contributed by atoms with Crippen molar-refractivity contribution in [2.24, 2.45) is 5.41 Å². The van der Waals surface area contributed by atoms with E-state index in [0.29, 0.717) is 12.8 Å². The molecule has 0 aromatic rings. The van der Waals surface area contributed by atoms with Crippen LogP contribution in [0.3, 0.4) is 0 Å². The van der Waals surface area contributed by atoms with Crippen LogP contribution in [0.1, 0.15) is 71.1 Å². The van der Waals surface area contributed by atoms with Gasteiger partial charge in [-0.25, -0.2) is 0 Å². The van der Waals surface area contributed by atoms with E-state index in [0.717, 1.165) is 38.6 Å². The summed E-state index contributed by atoms with van der Waals surface area (Å²) in [6.07, 6.45) is 10.3. The Morgan fingerprint density at radius 3 is 2.75 bits per heavy atom. The molecule has 1 heterocycles. The molecule has 0 aromatic carbocycles. The Morgan fingerprint density at radius 1 is 1.30 bits per heavy atom. The lowest BCUT2D eigenvalue weighted by molar-refractivity contribution is -0.122. The van der Waals surface area contributed by atoms with Crippen LogP contribution >= 0.6 is 0 Å². The molecule has 2 amide bonds. The van der Waals surface area contributed by atoms with Crippen molar-refractivity contribution in [1.29, 1.82) is 0 Å². The molecule has 114 valence electrons. The molecule has 4 heteroatoms. The highest BCUT2D eigenvalue weighted by Gasteiger charge is 2.47. The Balaban J connectivity index is 1.83. The van der Waals surface area contributed by atoms with Gasteiger partial charge in [-0.2, -0.15) is 0 Å². The van der Waals surface area contributed by atoms with Crippen molar-refractivity contribution in [2.75, 3.05) is 6.54 Å². The van der Waals surface area contributed by atoms with E-state index in [1.54, 1.807) is 0 Å². The van der Waals surface area contributed by atoms with E-state index in [2.05, 4.69) is 17.6 Å². The van der Waals surface area contributed by atoms with Gasteiger partial charge in [0.2, 0.25) is 11.8 Å². The van der Waals surface area contributed by atoms with Gasteiger partial charge in [0.15, 0.2) is 0 Å². The lowest BCUT2D eigenvalue weighted by Gasteiger charge is -2.37. The second-order valence-corrected chi connectivity index (χ2v) is 6.48. The Kier molecular flexibility index (Phi) is 5.44. The summed E-state index contributed by atoms with van der Waals surface area (Å²) in [5.74, 6) is 0.230. The largest absolute Gasteiger partial charge is 0.356 e. The number of rotatable bonds is 6. The van der Waals surface area contributed by atoms with E-state index < -0.39 is 0 Å². The van der Waals surface area contributed by atoms with Gasteiger partial charge in [-0.15, -0.1) is 0 Å². The molecule has 2 rings (SSSR count). The third kappa shape index (κ3) is 3.74. The Hall–Kier alpha value is -1.06. The maximum atomic E-state index is 12.0. The smallest absolute Gasteiger partial charge is 0.222 e. The first-order valence-corrected chi connectivity index (χ1v) is 8.22. The summed E-state index contributed by atoms with van der Waals surface area (Å²) in [5, 5.41) is 6.04. The van der Waals surface area contributed by atoms with Gasteiger partial charge in [0.1, 0.15) is 0 Å². The molecule has 1 aliphatic heterocycles. The van der Waals surface area contributed by atoms with Crippen molar-refractivity contribution in [3.8, 4) is 0 Å². The molecule has 0 aromatic heterocycles. The average molecular weight is 280 g/mol. The van der Waals surface area contributed by atoms with Crippen molar-refractivity contribution >= 4 is 11.8 Å². The van der Waals surface area contributed by atoms with Crippen LogP contribution in [0.25, 0.3) is 0 Å². The predicted octanol–water partition coefficient (Wildman–Crippen LogP) is 2.52. The van der Waals surface area contributed by atoms with Crippen molar-refractivity contribution in [1.82, 2.24) is 10.6 Å². The Morgan fingerprint density at radius 2 is 2.05 bits per heavy atom. The van der Waals surface area contributed by atoms with Crippen molar-refractivity contribution in [3.05, 3.63) is 0 Å². The van der Waals surface area contributed by atoms with Crippen LogP contribution in [0.4, 0.5) is 0 Å². The second-order valence-electron chi connectivity index (χ2n) is 6.48. The number of unbranched alkanes of at least 4 members (excludes halogenated alkanes) is 2. The van der Waals surface area contributed by atoms with Gasteiger partial charge in [-0.1, -0.05) is 39.0 Å². The molecule has 0 radical (unpaired) electrons. The molecule has 2 fully saturated rings. The molecular formula is C16H28N2O2. The minimum Gasteiger partial charge on any atom is -0.356 e. The maximum absolute atomic E-state index is 12.0. The SMILES string of the molecule is CCCCCNC(=O)CC1NC(=O)CC12CCCCC2. The predicted molar refractivity (Wildman–Crippen MR) is 79.2 cm³/mol. The van der Waals surface area contributed by atoms with E-state index in [1.165, 1.54) is 19.3 Å². The molecular weight excluding hydrogens is 252 g/mol. The van der Waals surface area contributed by atoms with E-state index in [4.69, 9.17) is 0 Å². The number of amides is 2. The van der Waals surface area contributed by atoms with E-state index in [9.17, 15) is 9.59 Å². The van der Waals surface area contributed by atoms with Gasteiger partial charge in [0.05, 0.1) is 0 Å². The van der Waals surface area contributed by atoms with Crippen LogP contribution in [-0.2, 0) is 9.59 Å². The highest BCUT2D eigenvalue weighted by atomic mass is 16.2. The number of carbonyl (C=O) groups is 2. The standard InChI is InChI=1S/C16H28N2O2/c1-2-3-7-10-17-14(19)11-13-16(12-15(20)18-13)8-5-4-6-9-16/h13H,2-12H2,1H3,(H,17,19)(H,18,20). The third-order valence-electron chi connectivity index (χ3n) is 4.93. The zero-order valence-corrected chi connectivity index (χ0v) is 12.7. The fourth-order valence-electron chi connectivity index (χ4n) is 3.75. The maximum Gasteiger partial charge on any atom is 0.222 e. The normalized spacial score (nSPS) is 24.6. The highest BCUT2D eigenvalue weighted by Crippen LogP contribution is 2.46. The fourth-order valence-corrected chi connectivity index (χ4v) is 3.75. The van der Waals surface area contributed by atoms with Crippen LogP contribution in [0.2, 0.25) is 0 Å². The Bertz CT molecular complexity index is 348. The summed E-state index contributed by atoms with van der Waals surface area (Å²) in [5.41, 5.74) is 0.0656. The van der Waals surface area contributed by atoms with Crippen molar-refractivity contribution < 1.29 is 9.59 Å². The minimum absolute atomic E-state index is 0.0569.